The third-order valence-electron chi connectivity index (χ3n) is 3.24. The maximum absolute atomic E-state index is 14.0. The van der Waals surface area contributed by atoms with Crippen molar-refractivity contribution in [3.05, 3.63) is 47.3 Å². The van der Waals surface area contributed by atoms with E-state index < -0.39 is 17.5 Å². The first kappa shape index (κ1) is 10.4. The lowest BCUT2D eigenvalue weighted by Gasteiger charge is -2.26. The fourth-order valence-corrected chi connectivity index (χ4v) is 2.32. The topological polar surface area (TPSA) is 0 Å². The molecule has 0 radical (unpaired) electrons. The van der Waals surface area contributed by atoms with Gasteiger partial charge in [-0.1, -0.05) is 25.1 Å². The van der Waals surface area contributed by atoms with Crippen molar-refractivity contribution in [2.24, 2.45) is 0 Å². The summed E-state index contributed by atoms with van der Waals surface area (Å²) < 4.78 is 40.7. The van der Waals surface area contributed by atoms with Crippen LogP contribution in [0.3, 0.4) is 0 Å². The van der Waals surface area contributed by atoms with E-state index in [9.17, 15) is 13.2 Å². The van der Waals surface area contributed by atoms with Gasteiger partial charge in [-0.15, -0.1) is 0 Å². The summed E-state index contributed by atoms with van der Waals surface area (Å²) in [7, 11) is 0. The molecule has 0 unspecified atom stereocenters. The zero-order valence-electron chi connectivity index (χ0n) is 9.15. The minimum Gasteiger partial charge on any atom is -0.206 e. The second kappa shape index (κ2) is 3.36. The Kier molecular flexibility index (Phi) is 2.05. The Balaban J connectivity index is 2.30. The number of rotatable bonds is 1. The van der Waals surface area contributed by atoms with Gasteiger partial charge in [-0.05, 0) is 29.2 Å². The first-order chi connectivity index (χ1) is 8.15. The van der Waals surface area contributed by atoms with Gasteiger partial charge in [0.15, 0.2) is 11.6 Å². The second-order valence-corrected chi connectivity index (χ2v) is 4.10. The molecule has 1 aliphatic carbocycles. The molecule has 17 heavy (non-hydrogen) atoms. The molecule has 0 spiro atoms. The number of aryl methyl sites for hydroxylation is 1. The maximum atomic E-state index is 14.0. The van der Waals surface area contributed by atoms with E-state index in [4.69, 9.17) is 0 Å². The van der Waals surface area contributed by atoms with Crippen LogP contribution in [-0.2, 0) is 6.42 Å². The van der Waals surface area contributed by atoms with Crippen LogP contribution in [0.25, 0.3) is 22.3 Å². The summed E-state index contributed by atoms with van der Waals surface area (Å²) in [6.07, 6.45) is 0.533. The van der Waals surface area contributed by atoms with Gasteiger partial charge in [-0.25, -0.2) is 13.2 Å². The highest BCUT2D eigenvalue weighted by atomic mass is 19.2. The first-order valence-electron chi connectivity index (χ1n) is 5.45. The van der Waals surface area contributed by atoms with Crippen molar-refractivity contribution in [2.75, 3.05) is 0 Å². The van der Waals surface area contributed by atoms with Crippen LogP contribution in [0.4, 0.5) is 13.2 Å². The molecule has 3 heteroatoms. The van der Waals surface area contributed by atoms with Gasteiger partial charge < -0.3 is 0 Å². The molecule has 0 N–H and O–H groups in total. The predicted molar refractivity (Wildman–Crippen MR) is 60.1 cm³/mol. The van der Waals surface area contributed by atoms with E-state index in [1.54, 1.807) is 12.1 Å². The molecule has 0 saturated carbocycles. The molecule has 2 aromatic rings. The third kappa shape index (κ3) is 1.19. The second-order valence-electron chi connectivity index (χ2n) is 4.10. The summed E-state index contributed by atoms with van der Waals surface area (Å²) in [6.45, 7) is 1.83. The van der Waals surface area contributed by atoms with Crippen molar-refractivity contribution in [3.8, 4) is 22.3 Å². The van der Waals surface area contributed by atoms with Gasteiger partial charge in [-0.2, -0.15) is 0 Å². The Morgan fingerprint density at radius 3 is 2.06 bits per heavy atom. The van der Waals surface area contributed by atoms with Crippen molar-refractivity contribution in [2.45, 2.75) is 13.3 Å². The average molecular weight is 234 g/mol. The summed E-state index contributed by atoms with van der Waals surface area (Å²) in [5, 5.41) is 0. The zero-order valence-corrected chi connectivity index (χ0v) is 9.15. The minimum absolute atomic E-state index is 0.0767. The smallest absolute Gasteiger partial charge is 0.167 e. The molecular formula is C14H9F3. The van der Waals surface area contributed by atoms with Crippen molar-refractivity contribution in [1.82, 2.24) is 0 Å². The van der Waals surface area contributed by atoms with Crippen LogP contribution < -0.4 is 0 Å². The Labute approximate surface area is 96.7 Å². The Bertz CT molecular complexity index is 630. The molecule has 0 aromatic heterocycles. The molecule has 0 amide bonds. The molecule has 2 aromatic carbocycles. The van der Waals surface area contributed by atoms with Crippen LogP contribution in [0.1, 0.15) is 12.5 Å². The van der Waals surface area contributed by atoms with E-state index >= 15 is 0 Å². The molecule has 0 heterocycles. The van der Waals surface area contributed by atoms with Gasteiger partial charge in [0, 0.05) is 11.1 Å². The SMILES string of the molecule is CCc1ccc2c(c1F)-c1c-2ccc(F)c1F. The lowest BCUT2D eigenvalue weighted by Crippen LogP contribution is -2.08. The molecule has 0 fully saturated rings. The van der Waals surface area contributed by atoms with Crippen LogP contribution in [0.5, 0.6) is 0 Å². The predicted octanol–water partition coefficient (Wildman–Crippen LogP) is 4.31. The number of halogens is 3. The monoisotopic (exact) mass is 234 g/mol. The van der Waals surface area contributed by atoms with Gasteiger partial charge in [0.2, 0.25) is 0 Å². The summed E-state index contributed by atoms with van der Waals surface area (Å²) in [5.41, 5.74) is 2.07. The Hall–Kier alpha value is -1.77. The van der Waals surface area contributed by atoms with Gasteiger partial charge in [0.25, 0.3) is 0 Å². The normalized spacial score (nSPS) is 11.8. The van der Waals surface area contributed by atoms with Crippen LogP contribution in [-0.4, -0.2) is 0 Å². The molecule has 86 valence electrons. The standard InChI is InChI=1S/C14H9F3/c1-2-7-3-4-8-9-5-6-10(15)14(17)12(9)11(8)13(7)16/h3-6H,2H2,1H3. The number of benzene rings is 2. The molecular weight excluding hydrogens is 225 g/mol. The zero-order chi connectivity index (χ0) is 12.2. The number of hydrogen-bond donors (Lipinski definition) is 0. The van der Waals surface area contributed by atoms with E-state index in [-0.39, 0.29) is 11.1 Å². The minimum atomic E-state index is -0.956. The highest BCUT2D eigenvalue weighted by Crippen LogP contribution is 2.50. The van der Waals surface area contributed by atoms with Gasteiger partial charge >= 0.3 is 0 Å². The third-order valence-corrected chi connectivity index (χ3v) is 3.24. The summed E-state index contributed by atoms with van der Waals surface area (Å²) in [6, 6.07) is 6.01. The molecule has 1 aliphatic rings. The van der Waals surface area contributed by atoms with E-state index in [0.29, 0.717) is 23.1 Å². The van der Waals surface area contributed by atoms with Crippen molar-refractivity contribution < 1.29 is 13.2 Å². The maximum Gasteiger partial charge on any atom is 0.167 e. The van der Waals surface area contributed by atoms with Crippen molar-refractivity contribution in [1.29, 1.82) is 0 Å². The summed E-state index contributed by atoms with van der Waals surface area (Å²) in [5.74, 6) is -2.32. The largest absolute Gasteiger partial charge is 0.206 e. The average Bonchev–Trinajstić information content (AvgIpc) is 2.29. The fraction of sp³-hybridized carbons (Fsp3) is 0.143. The lowest BCUT2D eigenvalue weighted by molar-refractivity contribution is 0.509. The van der Waals surface area contributed by atoms with E-state index in [1.807, 2.05) is 6.92 Å². The summed E-state index contributed by atoms with van der Waals surface area (Å²) >= 11 is 0. The van der Waals surface area contributed by atoms with Crippen molar-refractivity contribution >= 4 is 0 Å². The highest BCUT2D eigenvalue weighted by Gasteiger charge is 2.31. The number of hydrogen-bond acceptors (Lipinski definition) is 0. The summed E-state index contributed by atoms with van der Waals surface area (Å²) in [4.78, 5) is 0. The highest BCUT2D eigenvalue weighted by molar-refractivity contribution is 6.03. The van der Waals surface area contributed by atoms with Gasteiger partial charge in [0.05, 0.1) is 0 Å². The Morgan fingerprint density at radius 2 is 1.41 bits per heavy atom. The molecule has 0 bridgehead atoms. The van der Waals surface area contributed by atoms with Gasteiger partial charge in [-0.3, -0.25) is 0 Å². The van der Waals surface area contributed by atoms with E-state index in [0.717, 1.165) is 6.07 Å². The lowest BCUT2D eigenvalue weighted by atomic mass is 9.78. The van der Waals surface area contributed by atoms with Crippen LogP contribution in [0.2, 0.25) is 0 Å². The van der Waals surface area contributed by atoms with E-state index in [2.05, 4.69) is 0 Å². The molecule has 0 nitrogen and oxygen atoms in total. The molecule has 3 rings (SSSR count). The number of fused-ring (bicyclic) bond motifs is 4. The van der Waals surface area contributed by atoms with Crippen LogP contribution >= 0.6 is 0 Å². The van der Waals surface area contributed by atoms with Crippen LogP contribution in [0.15, 0.2) is 24.3 Å². The van der Waals surface area contributed by atoms with Gasteiger partial charge in [0.1, 0.15) is 5.82 Å². The molecule has 0 aliphatic heterocycles. The molecule has 0 saturated heterocycles. The quantitative estimate of drug-likeness (QED) is 0.588. The fourth-order valence-electron chi connectivity index (χ4n) is 2.32. The van der Waals surface area contributed by atoms with Crippen molar-refractivity contribution in [3.63, 3.8) is 0 Å². The Morgan fingerprint density at radius 1 is 0.824 bits per heavy atom. The molecule has 0 atom stereocenters. The van der Waals surface area contributed by atoms with Crippen LogP contribution in [0, 0.1) is 17.5 Å². The first-order valence-corrected chi connectivity index (χ1v) is 5.45. The van der Waals surface area contributed by atoms with E-state index in [1.165, 1.54) is 6.07 Å².